The standard InChI is InChI=1S/C41H56N6O9S.3H2/c1-7-24-18-23(2)10-8-9-11-26-21-41(26,38(50)46-57(52,53)29-15-16-29)45-35(48)32-20-28(22-47(32)37(49)34(24)44-39(51)56-40(3,4)5)55-36-33(25-12-13-25)42-30-17-14-27(54-6)19-31(30)43-36;;;/h9,11,14,17,19,23-26,28-29,32,34H,7-8,10,12-13,15-16,18,20-22H2,1-6H3,(H,44,51)(H,45,48)(H,46,50);3*1H/b11-9-;;;/t23-,24-,26-,28-,32+,34+,41-;;;/m1.../s1. The monoisotopic (exact) mass is 814 g/mol. The van der Waals surface area contributed by atoms with Gasteiger partial charge in [0.1, 0.15) is 40.8 Å². The van der Waals surface area contributed by atoms with Crippen LogP contribution < -0.4 is 24.8 Å². The summed E-state index contributed by atoms with van der Waals surface area (Å²) in [5.74, 6) is -1.37. The Kier molecular flexibility index (Phi) is 11.2. The highest BCUT2D eigenvalue weighted by atomic mass is 32.2. The third-order valence-corrected chi connectivity index (χ3v) is 13.6. The Bertz CT molecular complexity index is 2060. The largest absolute Gasteiger partial charge is 0.497 e. The summed E-state index contributed by atoms with van der Waals surface area (Å²) in [5, 5.41) is 5.16. The molecule has 0 unspecified atom stereocenters. The number of methoxy groups -OCH3 is 1. The third kappa shape index (κ3) is 9.15. The van der Waals surface area contributed by atoms with Crippen LogP contribution in [0.3, 0.4) is 0 Å². The van der Waals surface area contributed by atoms with Crippen LogP contribution in [-0.4, -0.2) is 95.3 Å². The SMILES string of the molecule is CC[C@@H]1C[C@H](C)CC/C=C\[C@@H]2C[C@@]2(C(=O)NS(=O)(=O)C2CC2)NC(=O)[C@@H]2C[C@@H](Oc3nc4cc(OC)ccc4nc3C3CC3)CN2C(=O)[C@H]1NC(=O)OC(C)(C)C.[HH].[HH].[HH]. The number of alkyl carbamates (subject to hydrolysis) is 1. The van der Waals surface area contributed by atoms with Crippen molar-refractivity contribution < 1.29 is 46.1 Å². The van der Waals surface area contributed by atoms with Gasteiger partial charge in [-0.25, -0.2) is 23.2 Å². The highest BCUT2D eigenvalue weighted by Crippen LogP contribution is 2.47. The maximum absolute atomic E-state index is 15.0. The molecule has 3 saturated carbocycles. The van der Waals surface area contributed by atoms with Crippen LogP contribution in [0, 0.1) is 17.8 Å². The Balaban J connectivity index is 0.00000265. The molecule has 15 nitrogen and oxygen atoms in total. The maximum atomic E-state index is 15.0. The maximum Gasteiger partial charge on any atom is 0.408 e. The molecule has 1 aromatic carbocycles. The zero-order valence-electron chi connectivity index (χ0n) is 33.7. The first-order valence-corrected chi connectivity index (χ1v) is 21.9. The molecule has 7 rings (SSSR count). The summed E-state index contributed by atoms with van der Waals surface area (Å²) in [5.41, 5.74) is -0.376. The number of nitrogens with one attached hydrogen (secondary N) is 3. The minimum Gasteiger partial charge on any atom is -0.497 e. The molecule has 0 bridgehead atoms. The first-order chi connectivity index (χ1) is 27.0. The summed E-state index contributed by atoms with van der Waals surface area (Å²) < 4.78 is 45.8. The molecule has 3 aliphatic carbocycles. The van der Waals surface area contributed by atoms with Gasteiger partial charge in [-0.3, -0.25) is 19.1 Å². The van der Waals surface area contributed by atoms with Gasteiger partial charge in [0.05, 0.1) is 29.9 Å². The predicted molar refractivity (Wildman–Crippen MR) is 217 cm³/mol. The minimum atomic E-state index is -3.91. The van der Waals surface area contributed by atoms with E-state index in [9.17, 15) is 27.6 Å². The van der Waals surface area contributed by atoms with Crippen molar-refractivity contribution in [3.8, 4) is 11.6 Å². The fourth-order valence-electron chi connectivity index (χ4n) is 8.18. The van der Waals surface area contributed by atoms with Gasteiger partial charge in [0, 0.05) is 28.6 Å². The van der Waals surface area contributed by atoms with E-state index in [4.69, 9.17) is 24.2 Å². The average Bonchev–Trinajstić information content (AvgIpc) is 4.04. The molecular formula is C41H62N6O9S. The highest BCUT2D eigenvalue weighted by molar-refractivity contribution is 7.91. The third-order valence-electron chi connectivity index (χ3n) is 11.8. The molecule has 5 aliphatic rings. The molecule has 0 radical (unpaired) electrons. The van der Waals surface area contributed by atoms with E-state index in [0.29, 0.717) is 60.5 Å². The van der Waals surface area contributed by atoms with E-state index in [2.05, 4.69) is 22.3 Å². The van der Waals surface area contributed by atoms with Crippen molar-refractivity contribution in [2.45, 2.75) is 139 Å². The number of hydrogen-bond donors (Lipinski definition) is 3. The molecule has 3 heterocycles. The number of carbonyl (C=O) groups excluding carboxylic acids is 4. The van der Waals surface area contributed by atoms with Crippen LogP contribution in [0.4, 0.5) is 4.79 Å². The molecule has 7 atom stereocenters. The van der Waals surface area contributed by atoms with E-state index >= 15 is 0 Å². The zero-order valence-corrected chi connectivity index (χ0v) is 34.5. The Hall–Kier alpha value is -4.47. The molecule has 1 saturated heterocycles. The van der Waals surface area contributed by atoms with E-state index in [1.54, 1.807) is 33.9 Å². The number of aromatic nitrogens is 2. The van der Waals surface area contributed by atoms with Crippen LogP contribution >= 0.6 is 0 Å². The van der Waals surface area contributed by atoms with Crippen LogP contribution in [0.15, 0.2) is 30.4 Å². The lowest BCUT2D eigenvalue weighted by Crippen LogP contribution is -2.59. The van der Waals surface area contributed by atoms with Gasteiger partial charge in [0.2, 0.25) is 27.7 Å². The van der Waals surface area contributed by atoms with E-state index in [0.717, 1.165) is 19.3 Å². The van der Waals surface area contributed by atoms with Gasteiger partial charge < -0.3 is 29.7 Å². The number of benzene rings is 1. The molecule has 57 heavy (non-hydrogen) atoms. The molecule has 2 aromatic rings. The lowest BCUT2D eigenvalue weighted by atomic mass is 9.85. The average molecular weight is 815 g/mol. The highest BCUT2D eigenvalue weighted by Gasteiger charge is 2.62. The van der Waals surface area contributed by atoms with Crippen LogP contribution in [0.25, 0.3) is 11.0 Å². The Morgan fingerprint density at radius 3 is 2.49 bits per heavy atom. The summed E-state index contributed by atoms with van der Waals surface area (Å²) in [4.78, 5) is 68.0. The normalized spacial score (nSPS) is 30.2. The molecule has 2 aliphatic heterocycles. The fourth-order valence-corrected chi connectivity index (χ4v) is 9.54. The van der Waals surface area contributed by atoms with Gasteiger partial charge in [-0.05, 0) is 96.1 Å². The molecule has 316 valence electrons. The molecule has 1 aromatic heterocycles. The Morgan fingerprint density at radius 2 is 1.82 bits per heavy atom. The van der Waals surface area contributed by atoms with E-state index < -0.39 is 74.3 Å². The van der Waals surface area contributed by atoms with Crippen molar-refractivity contribution in [1.82, 2.24) is 30.2 Å². The number of nitrogens with zero attached hydrogens (tertiary/aromatic N) is 3. The minimum absolute atomic E-state index is 0. The quantitative estimate of drug-likeness (QED) is 0.275. The number of rotatable bonds is 9. The second-order valence-electron chi connectivity index (χ2n) is 17.6. The van der Waals surface area contributed by atoms with Crippen molar-refractivity contribution in [2.24, 2.45) is 17.8 Å². The van der Waals surface area contributed by atoms with Crippen molar-refractivity contribution in [3.63, 3.8) is 0 Å². The first-order valence-electron chi connectivity index (χ1n) is 20.4. The topological polar surface area (TPSA) is 195 Å². The number of ether oxygens (including phenoxy) is 3. The van der Waals surface area contributed by atoms with Crippen molar-refractivity contribution in [1.29, 1.82) is 0 Å². The first kappa shape index (κ1) is 40.7. The number of fused-ring (bicyclic) bond motifs is 3. The molecule has 0 spiro atoms. The van der Waals surface area contributed by atoms with Crippen LogP contribution in [-0.2, 0) is 29.1 Å². The zero-order chi connectivity index (χ0) is 40.9. The van der Waals surface area contributed by atoms with E-state index in [-0.39, 0.29) is 41.4 Å². The molecular weight excluding hydrogens is 753 g/mol. The number of carbonyl (C=O) groups is 4. The van der Waals surface area contributed by atoms with E-state index in [1.165, 1.54) is 4.90 Å². The Morgan fingerprint density at radius 1 is 1.07 bits per heavy atom. The smallest absolute Gasteiger partial charge is 0.408 e. The van der Waals surface area contributed by atoms with Gasteiger partial charge in [-0.15, -0.1) is 0 Å². The summed E-state index contributed by atoms with van der Waals surface area (Å²) in [6.07, 6.45) is 8.10. The van der Waals surface area contributed by atoms with Crippen LogP contribution in [0.1, 0.15) is 115 Å². The van der Waals surface area contributed by atoms with Crippen molar-refractivity contribution >= 4 is 44.9 Å². The van der Waals surface area contributed by atoms with Crippen molar-refractivity contribution in [2.75, 3.05) is 13.7 Å². The lowest BCUT2D eigenvalue weighted by molar-refractivity contribution is -0.142. The molecule has 16 heteroatoms. The number of amides is 4. The summed E-state index contributed by atoms with van der Waals surface area (Å²) in [7, 11) is -2.34. The second-order valence-corrected chi connectivity index (χ2v) is 19.6. The van der Waals surface area contributed by atoms with Gasteiger partial charge >= 0.3 is 6.09 Å². The predicted octanol–water partition coefficient (Wildman–Crippen LogP) is 5.38. The van der Waals surface area contributed by atoms with Gasteiger partial charge in [0.15, 0.2) is 0 Å². The summed E-state index contributed by atoms with van der Waals surface area (Å²) in [6.45, 7) is 9.29. The van der Waals surface area contributed by atoms with Gasteiger partial charge in [-0.2, -0.15) is 0 Å². The van der Waals surface area contributed by atoms with E-state index in [1.807, 2.05) is 31.2 Å². The van der Waals surface area contributed by atoms with Crippen LogP contribution in [0.5, 0.6) is 11.6 Å². The number of allylic oxidation sites excluding steroid dienone is 1. The molecule has 3 N–H and O–H groups in total. The van der Waals surface area contributed by atoms with Gasteiger partial charge in [0.25, 0.3) is 5.91 Å². The molecule has 4 amide bonds. The second kappa shape index (κ2) is 15.7. The Labute approximate surface area is 338 Å². The molecule has 4 fully saturated rings. The summed E-state index contributed by atoms with van der Waals surface area (Å²) in [6, 6.07) is 3.28. The fraction of sp³-hybridized carbons (Fsp3) is 0.659. The number of sulfonamides is 1. The lowest BCUT2D eigenvalue weighted by Gasteiger charge is -2.34. The van der Waals surface area contributed by atoms with Gasteiger partial charge in [-0.1, -0.05) is 32.4 Å². The number of hydrogen-bond acceptors (Lipinski definition) is 11. The summed E-state index contributed by atoms with van der Waals surface area (Å²) >= 11 is 0. The van der Waals surface area contributed by atoms with Crippen molar-refractivity contribution in [3.05, 3.63) is 36.0 Å². The van der Waals surface area contributed by atoms with Crippen LogP contribution in [0.2, 0.25) is 0 Å².